The molecule has 16 heavy (non-hydrogen) atoms. The van der Waals surface area contributed by atoms with Crippen molar-refractivity contribution in [2.75, 3.05) is 26.2 Å². The predicted molar refractivity (Wildman–Crippen MR) is 65.1 cm³/mol. The molecule has 2 fully saturated rings. The van der Waals surface area contributed by atoms with Crippen molar-refractivity contribution >= 4 is 5.91 Å². The second-order valence-electron chi connectivity index (χ2n) is 5.96. The van der Waals surface area contributed by atoms with Gasteiger partial charge in [0.2, 0.25) is 5.91 Å². The Morgan fingerprint density at radius 3 is 2.12 bits per heavy atom. The van der Waals surface area contributed by atoms with E-state index in [-0.39, 0.29) is 5.92 Å². The van der Waals surface area contributed by atoms with Crippen molar-refractivity contribution in [1.82, 2.24) is 10.2 Å². The summed E-state index contributed by atoms with van der Waals surface area (Å²) in [4.78, 5) is 14.2. The van der Waals surface area contributed by atoms with E-state index in [4.69, 9.17) is 0 Å². The van der Waals surface area contributed by atoms with Crippen molar-refractivity contribution in [2.45, 2.75) is 33.6 Å². The van der Waals surface area contributed by atoms with Gasteiger partial charge in [0.25, 0.3) is 0 Å². The fraction of sp³-hybridized carbons (Fsp3) is 0.923. The van der Waals surface area contributed by atoms with Gasteiger partial charge in [-0.25, -0.2) is 0 Å². The average molecular weight is 224 g/mol. The molecule has 0 aromatic heterocycles. The topological polar surface area (TPSA) is 32.3 Å². The molecule has 0 aromatic rings. The number of rotatable bonds is 2. The zero-order valence-electron chi connectivity index (χ0n) is 10.8. The van der Waals surface area contributed by atoms with Gasteiger partial charge in [0.1, 0.15) is 0 Å². The van der Waals surface area contributed by atoms with E-state index in [0.29, 0.717) is 17.2 Å². The summed E-state index contributed by atoms with van der Waals surface area (Å²) < 4.78 is 0. The molecule has 0 aliphatic carbocycles. The van der Waals surface area contributed by atoms with Crippen LogP contribution in [0.4, 0.5) is 0 Å². The summed E-state index contributed by atoms with van der Waals surface area (Å²) in [6.45, 7) is 10.6. The largest absolute Gasteiger partial charge is 0.342 e. The third kappa shape index (κ3) is 2.10. The normalized spacial score (nSPS) is 25.6. The molecule has 2 aliphatic rings. The van der Waals surface area contributed by atoms with Crippen LogP contribution in [0.3, 0.4) is 0 Å². The van der Waals surface area contributed by atoms with Crippen LogP contribution in [0.15, 0.2) is 0 Å². The summed E-state index contributed by atoms with van der Waals surface area (Å²) >= 11 is 0. The molecule has 2 saturated heterocycles. The molecule has 1 atom stereocenters. The fourth-order valence-electron chi connectivity index (χ4n) is 2.61. The quantitative estimate of drug-likeness (QED) is 0.771. The van der Waals surface area contributed by atoms with Gasteiger partial charge < -0.3 is 10.2 Å². The van der Waals surface area contributed by atoms with Crippen LogP contribution < -0.4 is 5.32 Å². The number of nitrogens with one attached hydrogen (secondary N) is 1. The molecule has 3 nitrogen and oxygen atoms in total. The molecule has 3 heteroatoms. The molecule has 1 spiro atoms. The third-order valence-corrected chi connectivity index (χ3v) is 4.53. The average Bonchev–Trinajstić information content (AvgIpc) is 2.25. The van der Waals surface area contributed by atoms with Gasteiger partial charge in [0.15, 0.2) is 0 Å². The summed E-state index contributed by atoms with van der Waals surface area (Å²) in [6, 6.07) is 0. The second-order valence-corrected chi connectivity index (χ2v) is 5.96. The van der Waals surface area contributed by atoms with Crippen LogP contribution in [-0.4, -0.2) is 37.0 Å². The lowest BCUT2D eigenvalue weighted by atomic mass is 9.73. The Balaban J connectivity index is 1.86. The molecule has 0 bridgehead atoms. The number of carbonyl (C=O) groups is 1. The standard InChI is InChI=1S/C13H24N2O/c1-10(2)11(3)12(16)15-6-4-13(5-7-15)8-14-9-13/h10-11,14H,4-9H2,1-3H3. The summed E-state index contributed by atoms with van der Waals surface area (Å²) in [6.07, 6.45) is 2.38. The van der Waals surface area contributed by atoms with E-state index in [1.807, 2.05) is 0 Å². The molecular formula is C13H24N2O. The number of carbonyl (C=O) groups excluding carboxylic acids is 1. The van der Waals surface area contributed by atoms with E-state index in [1.54, 1.807) is 0 Å². The maximum absolute atomic E-state index is 12.2. The maximum Gasteiger partial charge on any atom is 0.225 e. The van der Waals surface area contributed by atoms with Crippen LogP contribution in [0.1, 0.15) is 33.6 Å². The zero-order valence-corrected chi connectivity index (χ0v) is 10.8. The number of hydrogen-bond donors (Lipinski definition) is 1. The molecular weight excluding hydrogens is 200 g/mol. The predicted octanol–water partition coefficient (Wildman–Crippen LogP) is 1.49. The number of hydrogen-bond acceptors (Lipinski definition) is 2. The van der Waals surface area contributed by atoms with Crippen molar-refractivity contribution in [2.24, 2.45) is 17.3 Å². The summed E-state index contributed by atoms with van der Waals surface area (Å²) in [5.41, 5.74) is 0.540. The van der Waals surface area contributed by atoms with Crippen molar-refractivity contribution in [3.8, 4) is 0 Å². The lowest BCUT2D eigenvalue weighted by Crippen LogP contribution is -2.59. The molecule has 1 N–H and O–H groups in total. The Bertz CT molecular complexity index is 261. The molecule has 92 valence electrons. The highest BCUT2D eigenvalue weighted by Crippen LogP contribution is 2.35. The van der Waals surface area contributed by atoms with E-state index < -0.39 is 0 Å². The molecule has 2 aliphatic heterocycles. The Morgan fingerprint density at radius 1 is 1.19 bits per heavy atom. The second kappa shape index (κ2) is 4.36. The van der Waals surface area contributed by atoms with Crippen molar-refractivity contribution in [3.05, 3.63) is 0 Å². The highest BCUT2D eigenvalue weighted by atomic mass is 16.2. The minimum Gasteiger partial charge on any atom is -0.342 e. The molecule has 1 unspecified atom stereocenters. The first-order valence-corrected chi connectivity index (χ1v) is 6.54. The minimum atomic E-state index is 0.175. The smallest absolute Gasteiger partial charge is 0.225 e. The number of likely N-dealkylation sites (tertiary alicyclic amines) is 1. The summed E-state index contributed by atoms with van der Waals surface area (Å²) in [7, 11) is 0. The Labute approximate surface area is 98.6 Å². The van der Waals surface area contributed by atoms with Crippen molar-refractivity contribution in [3.63, 3.8) is 0 Å². The third-order valence-electron chi connectivity index (χ3n) is 4.53. The van der Waals surface area contributed by atoms with Gasteiger partial charge in [-0.05, 0) is 24.2 Å². The minimum absolute atomic E-state index is 0.175. The SMILES string of the molecule is CC(C)C(C)C(=O)N1CCC2(CC1)CNC2. The Hall–Kier alpha value is -0.570. The van der Waals surface area contributed by atoms with Gasteiger partial charge in [0, 0.05) is 32.1 Å². The highest BCUT2D eigenvalue weighted by Gasteiger charge is 2.41. The molecule has 1 amide bonds. The number of nitrogens with zero attached hydrogens (tertiary/aromatic N) is 1. The van der Waals surface area contributed by atoms with E-state index in [1.165, 1.54) is 12.8 Å². The van der Waals surface area contributed by atoms with Gasteiger partial charge in [0.05, 0.1) is 0 Å². The maximum atomic E-state index is 12.2. The van der Waals surface area contributed by atoms with Crippen LogP contribution in [0, 0.1) is 17.3 Å². The molecule has 2 heterocycles. The monoisotopic (exact) mass is 224 g/mol. The molecule has 0 aromatic carbocycles. The van der Waals surface area contributed by atoms with Crippen LogP contribution in [-0.2, 0) is 4.79 Å². The van der Waals surface area contributed by atoms with Crippen LogP contribution in [0.25, 0.3) is 0 Å². The van der Waals surface area contributed by atoms with Crippen molar-refractivity contribution < 1.29 is 4.79 Å². The Kier molecular flexibility index (Phi) is 3.24. The highest BCUT2D eigenvalue weighted by molar-refractivity contribution is 5.78. The molecule has 0 radical (unpaired) electrons. The fourth-order valence-corrected chi connectivity index (χ4v) is 2.61. The Morgan fingerprint density at radius 2 is 1.75 bits per heavy atom. The van der Waals surface area contributed by atoms with Gasteiger partial charge in [-0.3, -0.25) is 4.79 Å². The van der Waals surface area contributed by atoms with Gasteiger partial charge >= 0.3 is 0 Å². The molecule has 2 rings (SSSR count). The van der Waals surface area contributed by atoms with Gasteiger partial charge in [-0.1, -0.05) is 20.8 Å². The first-order valence-electron chi connectivity index (χ1n) is 6.54. The van der Waals surface area contributed by atoms with Gasteiger partial charge in [-0.2, -0.15) is 0 Å². The first kappa shape index (κ1) is 11.9. The summed E-state index contributed by atoms with van der Waals surface area (Å²) in [5, 5.41) is 3.35. The number of amides is 1. The first-order chi connectivity index (χ1) is 7.54. The van der Waals surface area contributed by atoms with E-state index in [0.717, 1.165) is 26.2 Å². The van der Waals surface area contributed by atoms with E-state index >= 15 is 0 Å². The van der Waals surface area contributed by atoms with Crippen LogP contribution in [0.5, 0.6) is 0 Å². The number of piperidine rings is 1. The van der Waals surface area contributed by atoms with Crippen LogP contribution >= 0.6 is 0 Å². The zero-order chi connectivity index (χ0) is 11.8. The van der Waals surface area contributed by atoms with Gasteiger partial charge in [-0.15, -0.1) is 0 Å². The van der Waals surface area contributed by atoms with E-state index in [2.05, 4.69) is 31.0 Å². The van der Waals surface area contributed by atoms with Crippen LogP contribution in [0.2, 0.25) is 0 Å². The van der Waals surface area contributed by atoms with Crippen molar-refractivity contribution in [1.29, 1.82) is 0 Å². The lowest BCUT2D eigenvalue weighted by molar-refractivity contribution is -0.139. The molecule has 0 saturated carbocycles. The summed E-state index contributed by atoms with van der Waals surface area (Å²) in [5.74, 6) is 0.986. The lowest BCUT2D eigenvalue weighted by Gasteiger charge is -2.48. The van der Waals surface area contributed by atoms with E-state index in [9.17, 15) is 4.79 Å².